The molecule has 2 aromatic heterocycles. The minimum Gasteiger partial charge on any atom is -0.497 e. The van der Waals surface area contributed by atoms with E-state index in [1.54, 1.807) is 7.11 Å². The maximum atomic E-state index is 5.40. The van der Waals surface area contributed by atoms with Crippen molar-refractivity contribution < 1.29 is 4.74 Å². The predicted octanol–water partition coefficient (Wildman–Crippen LogP) is 8.99. The van der Waals surface area contributed by atoms with Crippen LogP contribution in [0.25, 0.3) is 71.8 Å². The van der Waals surface area contributed by atoms with Crippen molar-refractivity contribution in [3.8, 4) is 34.0 Å². The summed E-state index contributed by atoms with van der Waals surface area (Å²) in [6.45, 7) is 2.11. The molecule has 6 aromatic carbocycles. The largest absolute Gasteiger partial charge is 0.497 e. The third-order valence-electron chi connectivity index (χ3n) is 7.88. The van der Waals surface area contributed by atoms with Crippen molar-refractivity contribution in [1.82, 2.24) is 18.3 Å². The first-order chi connectivity index (χ1) is 20.2. The van der Waals surface area contributed by atoms with Gasteiger partial charge in [0, 0.05) is 27.6 Å². The first kappa shape index (κ1) is 23.8. The Kier molecular flexibility index (Phi) is 5.37. The number of aromatic nitrogens is 4. The van der Waals surface area contributed by atoms with Gasteiger partial charge in [0.25, 0.3) is 0 Å². The van der Waals surface area contributed by atoms with Crippen molar-refractivity contribution in [2.45, 2.75) is 6.92 Å². The van der Waals surface area contributed by atoms with Gasteiger partial charge in [-0.3, -0.25) is 4.57 Å². The third-order valence-corrected chi connectivity index (χ3v) is 8.41. The number of rotatable bonds is 4. The van der Waals surface area contributed by atoms with Gasteiger partial charge in [-0.25, -0.2) is 4.98 Å². The normalized spacial score (nSPS) is 11.7. The van der Waals surface area contributed by atoms with Crippen LogP contribution in [0.15, 0.2) is 109 Å². The summed E-state index contributed by atoms with van der Waals surface area (Å²) in [5.41, 5.74) is 9.12. The Morgan fingerprint density at radius 1 is 0.610 bits per heavy atom. The van der Waals surface area contributed by atoms with Gasteiger partial charge in [-0.05, 0) is 53.6 Å². The number of fused-ring (bicyclic) bond motifs is 7. The minimum atomic E-state index is 0.823. The van der Waals surface area contributed by atoms with E-state index in [0.29, 0.717) is 0 Å². The predicted molar refractivity (Wildman–Crippen MR) is 169 cm³/mol. The lowest BCUT2D eigenvalue weighted by molar-refractivity contribution is 0.415. The molecule has 0 atom stereocenters. The fourth-order valence-electron chi connectivity index (χ4n) is 5.88. The molecule has 0 N–H and O–H groups in total. The zero-order chi connectivity index (χ0) is 27.5. The summed E-state index contributed by atoms with van der Waals surface area (Å²) >= 11 is 1.23. The van der Waals surface area contributed by atoms with Crippen LogP contribution in [0, 0.1) is 6.92 Å². The fraction of sp³-hybridized carbons (Fsp3) is 0.0571. The van der Waals surface area contributed by atoms with Crippen molar-refractivity contribution in [3.05, 3.63) is 115 Å². The summed E-state index contributed by atoms with van der Waals surface area (Å²) in [6.07, 6.45) is 0. The molecule has 8 aromatic rings. The van der Waals surface area contributed by atoms with Crippen LogP contribution in [0.2, 0.25) is 0 Å². The standard InChI is InChI=1S/C35H24N4OS/c1-21-11-15-23(16-12-21)39-34-29-10-6-4-8-27(29)26-7-3-5-9-28(26)33(34)36-35(39)30-20-19-25(31-32(30)38-41-37-31)22-13-17-24(40-2)18-14-22/h3-20H,1-2H3. The summed E-state index contributed by atoms with van der Waals surface area (Å²) in [6, 6.07) is 38.2. The number of hydrogen-bond donors (Lipinski definition) is 0. The Morgan fingerprint density at radius 2 is 1.22 bits per heavy atom. The molecule has 2 heterocycles. The van der Waals surface area contributed by atoms with Crippen LogP contribution in [0.3, 0.4) is 0 Å². The average molecular weight is 549 g/mol. The molecular formula is C35H24N4OS. The average Bonchev–Trinajstić information content (AvgIpc) is 3.68. The Bertz CT molecular complexity index is 2250. The summed E-state index contributed by atoms with van der Waals surface area (Å²) in [4.78, 5) is 5.40. The number of ether oxygens (including phenoxy) is 1. The van der Waals surface area contributed by atoms with Gasteiger partial charge in [-0.1, -0.05) is 84.4 Å². The molecule has 0 amide bonds. The van der Waals surface area contributed by atoms with Crippen LogP contribution in [0.1, 0.15) is 5.56 Å². The molecule has 0 unspecified atom stereocenters. The molecule has 5 nitrogen and oxygen atoms in total. The van der Waals surface area contributed by atoms with Crippen LogP contribution >= 0.6 is 11.7 Å². The molecule has 0 aliphatic rings. The van der Waals surface area contributed by atoms with Gasteiger partial charge >= 0.3 is 0 Å². The molecule has 0 saturated heterocycles. The maximum Gasteiger partial charge on any atom is 0.148 e. The second kappa shape index (κ2) is 9.25. The number of aryl methyl sites for hydroxylation is 1. The highest BCUT2D eigenvalue weighted by Crippen LogP contribution is 2.41. The fourth-order valence-corrected chi connectivity index (χ4v) is 6.46. The lowest BCUT2D eigenvalue weighted by Gasteiger charge is -2.13. The van der Waals surface area contributed by atoms with E-state index in [1.807, 2.05) is 12.1 Å². The maximum absolute atomic E-state index is 5.40. The van der Waals surface area contributed by atoms with Gasteiger partial charge in [0.05, 0.1) is 29.9 Å². The van der Waals surface area contributed by atoms with Crippen LogP contribution in [-0.4, -0.2) is 25.4 Å². The smallest absolute Gasteiger partial charge is 0.148 e. The Morgan fingerprint density at radius 3 is 1.93 bits per heavy atom. The van der Waals surface area contributed by atoms with Crippen molar-refractivity contribution >= 4 is 55.3 Å². The number of methoxy groups -OCH3 is 1. The van der Waals surface area contributed by atoms with Gasteiger partial charge < -0.3 is 4.74 Å². The van der Waals surface area contributed by atoms with Gasteiger partial charge in [0.1, 0.15) is 22.6 Å². The summed E-state index contributed by atoms with van der Waals surface area (Å²) in [7, 11) is 1.68. The van der Waals surface area contributed by atoms with E-state index < -0.39 is 0 Å². The number of nitrogens with zero attached hydrogens (tertiary/aromatic N) is 4. The highest BCUT2D eigenvalue weighted by molar-refractivity contribution is 7.00. The van der Waals surface area contributed by atoms with Crippen molar-refractivity contribution in [3.63, 3.8) is 0 Å². The molecule has 8 rings (SSSR count). The summed E-state index contributed by atoms with van der Waals surface area (Å²) < 4.78 is 17.2. The van der Waals surface area contributed by atoms with E-state index in [0.717, 1.165) is 61.4 Å². The first-order valence-electron chi connectivity index (χ1n) is 13.5. The third kappa shape index (κ3) is 3.65. The molecule has 0 radical (unpaired) electrons. The topological polar surface area (TPSA) is 52.8 Å². The van der Waals surface area contributed by atoms with Crippen LogP contribution in [0.4, 0.5) is 0 Å². The van der Waals surface area contributed by atoms with E-state index in [2.05, 4.69) is 109 Å². The molecule has 0 bridgehead atoms. The molecule has 0 aliphatic carbocycles. The lowest BCUT2D eigenvalue weighted by Crippen LogP contribution is -1.99. The van der Waals surface area contributed by atoms with Crippen LogP contribution in [0.5, 0.6) is 5.75 Å². The van der Waals surface area contributed by atoms with E-state index in [4.69, 9.17) is 18.5 Å². The van der Waals surface area contributed by atoms with Crippen molar-refractivity contribution in [2.24, 2.45) is 0 Å². The summed E-state index contributed by atoms with van der Waals surface area (Å²) in [5, 5.41) is 4.72. The van der Waals surface area contributed by atoms with E-state index in [-0.39, 0.29) is 0 Å². The number of benzene rings is 6. The van der Waals surface area contributed by atoms with E-state index in [9.17, 15) is 0 Å². The second-order valence-corrected chi connectivity index (χ2v) is 10.8. The molecule has 0 aliphatic heterocycles. The molecule has 0 spiro atoms. The Hall–Kier alpha value is -5.07. The zero-order valence-corrected chi connectivity index (χ0v) is 23.3. The molecule has 0 saturated carbocycles. The van der Waals surface area contributed by atoms with Gasteiger partial charge in [0.15, 0.2) is 0 Å². The minimum absolute atomic E-state index is 0.823. The monoisotopic (exact) mass is 548 g/mol. The number of hydrogen-bond acceptors (Lipinski definition) is 5. The highest BCUT2D eigenvalue weighted by atomic mass is 32.1. The quantitative estimate of drug-likeness (QED) is 0.206. The van der Waals surface area contributed by atoms with Gasteiger partial charge in [-0.15, -0.1) is 0 Å². The van der Waals surface area contributed by atoms with Crippen molar-refractivity contribution in [1.29, 1.82) is 0 Å². The van der Waals surface area contributed by atoms with Gasteiger partial charge in [0.2, 0.25) is 0 Å². The zero-order valence-electron chi connectivity index (χ0n) is 22.5. The van der Waals surface area contributed by atoms with Crippen LogP contribution < -0.4 is 4.74 Å². The highest BCUT2D eigenvalue weighted by Gasteiger charge is 2.23. The molecule has 196 valence electrons. The van der Waals surface area contributed by atoms with Gasteiger partial charge in [-0.2, -0.15) is 8.75 Å². The molecule has 41 heavy (non-hydrogen) atoms. The van der Waals surface area contributed by atoms with E-state index >= 15 is 0 Å². The summed E-state index contributed by atoms with van der Waals surface area (Å²) in [5.74, 6) is 1.67. The Labute approximate surface area is 240 Å². The van der Waals surface area contributed by atoms with E-state index in [1.165, 1.54) is 33.5 Å². The molecular weight excluding hydrogens is 524 g/mol. The van der Waals surface area contributed by atoms with Crippen LogP contribution in [-0.2, 0) is 0 Å². The molecule has 6 heteroatoms. The SMILES string of the molecule is COc1ccc(-c2ccc(-c3nc4c5ccccc5c5ccccc5c4n3-c3ccc(C)cc3)c3nsnc23)cc1. The van der Waals surface area contributed by atoms with Crippen molar-refractivity contribution in [2.75, 3.05) is 7.11 Å². The molecule has 0 fully saturated rings. The Balaban J connectivity index is 1.48. The second-order valence-electron chi connectivity index (χ2n) is 10.2. The first-order valence-corrected chi connectivity index (χ1v) is 14.2. The number of imidazole rings is 1. The lowest BCUT2D eigenvalue weighted by atomic mass is 10.00.